The van der Waals surface area contributed by atoms with Gasteiger partial charge in [0.2, 0.25) is 11.7 Å². The number of amides is 2. The molecule has 1 fully saturated rings. The topological polar surface area (TPSA) is 87.5 Å². The number of para-hydroxylation sites is 1. The van der Waals surface area contributed by atoms with Crippen LogP contribution in [0.25, 0.3) is 11.1 Å². The number of rotatable bonds is 8. The second-order valence-electron chi connectivity index (χ2n) is 11.6. The van der Waals surface area contributed by atoms with Crippen LogP contribution in [0.3, 0.4) is 0 Å². The zero-order valence-electron chi connectivity index (χ0n) is 25.7. The van der Waals surface area contributed by atoms with Gasteiger partial charge in [0, 0.05) is 24.5 Å². The highest BCUT2D eigenvalue weighted by Gasteiger charge is 2.42. The molecule has 1 aliphatic rings. The molecule has 0 radical (unpaired) electrons. The number of piperidine rings is 1. The van der Waals surface area contributed by atoms with Gasteiger partial charge in [-0.05, 0) is 71.7 Å². The van der Waals surface area contributed by atoms with Crippen molar-refractivity contribution in [3.8, 4) is 11.1 Å². The van der Waals surface area contributed by atoms with E-state index < -0.39 is 23.5 Å². The van der Waals surface area contributed by atoms with Gasteiger partial charge in [0.25, 0.3) is 11.9 Å². The molecule has 1 saturated heterocycles. The molecule has 1 aromatic heterocycles. The normalized spacial score (nSPS) is 13.7. The van der Waals surface area contributed by atoms with Gasteiger partial charge in [-0.1, -0.05) is 84.9 Å². The third kappa shape index (κ3) is 7.54. The van der Waals surface area contributed by atoms with Crippen LogP contribution in [0, 0.1) is 6.92 Å². The highest BCUT2D eigenvalue weighted by atomic mass is 19.4. The fraction of sp³-hybridized carbons (Fsp3) is 0.216. The summed E-state index contributed by atoms with van der Waals surface area (Å²) in [6.07, 6.45) is -3.19. The predicted molar refractivity (Wildman–Crippen MR) is 175 cm³/mol. The van der Waals surface area contributed by atoms with Crippen LogP contribution >= 0.6 is 0 Å². The van der Waals surface area contributed by atoms with Gasteiger partial charge in [0.1, 0.15) is 0 Å². The van der Waals surface area contributed by atoms with Crippen molar-refractivity contribution in [3.63, 3.8) is 0 Å². The van der Waals surface area contributed by atoms with Gasteiger partial charge in [-0.3, -0.25) is 9.59 Å². The summed E-state index contributed by atoms with van der Waals surface area (Å²) in [5.74, 6) is -1.73. The van der Waals surface area contributed by atoms with E-state index in [0.29, 0.717) is 24.7 Å². The number of hydrogen-bond donors (Lipinski definition) is 2. The van der Waals surface area contributed by atoms with Crippen molar-refractivity contribution in [2.75, 3.05) is 28.6 Å². The lowest BCUT2D eigenvalue weighted by Crippen LogP contribution is -2.33. The molecule has 10 heteroatoms. The first-order chi connectivity index (χ1) is 22.6. The lowest BCUT2D eigenvalue weighted by atomic mass is 9.90. The minimum Gasteiger partial charge on any atom is -0.417 e. The monoisotopic (exact) mass is 638 g/mol. The highest BCUT2D eigenvalue weighted by molar-refractivity contribution is 6.03. The van der Waals surface area contributed by atoms with Crippen molar-refractivity contribution in [2.45, 2.75) is 38.3 Å². The van der Waals surface area contributed by atoms with Gasteiger partial charge in [-0.2, -0.15) is 18.2 Å². The maximum absolute atomic E-state index is 13.9. The highest BCUT2D eigenvalue weighted by Crippen LogP contribution is 2.36. The molecule has 47 heavy (non-hydrogen) atoms. The maximum atomic E-state index is 13.9. The molecule has 4 aromatic carbocycles. The van der Waals surface area contributed by atoms with Crippen molar-refractivity contribution < 1.29 is 27.2 Å². The summed E-state index contributed by atoms with van der Waals surface area (Å²) in [5, 5.41) is 5.44. The van der Waals surface area contributed by atoms with Gasteiger partial charge in [0.15, 0.2) is 5.69 Å². The number of aryl methyl sites for hydroxylation is 1. The average Bonchev–Trinajstić information content (AvgIpc) is 3.54. The first-order valence-corrected chi connectivity index (χ1v) is 15.4. The van der Waals surface area contributed by atoms with Gasteiger partial charge in [-0.25, -0.2) is 0 Å². The summed E-state index contributed by atoms with van der Waals surface area (Å²) in [5.41, 5.74) is 4.46. The number of halogens is 3. The van der Waals surface area contributed by atoms with E-state index in [-0.39, 0.29) is 18.3 Å². The number of oxazole rings is 1. The molecule has 2 N–H and O–H groups in total. The Morgan fingerprint density at radius 3 is 2.09 bits per heavy atom. The molecule has 1 aliphatic heterocycles. The van der Waals surface area contributed by atoms with Crippen LogP contribution in [-0.2, 0) is 17.4 Å². The standard InChI is InChI=1S/C37H33F3N4O3/c1-24-7-5-6-10-31(24)42-32(45)23-25-11-13-27(14-12-25)28-15-17-30(18-16-28)41-35(46)33-34(37(38,39)40)43-36(47-33)44-21-19-29(20-22-44)26-8-3-2-4-9-26/h2-18,29H,19-23H2,1H3,(H,41,46)(H,42,45). The molecule has 0 atom stereocenters. The lowest BCUT2D eigenvalue weighted by Gasteiger charge is -2.31. The van der Waals surface area contributed by atoms with E-state index in [4.69, 9.17) is 4.42 Å². The molecule has 240 valence electrons. The van der Waals surface area contributed by atoms with Gasteiger partial charge in [0.05, 0.1) is 6.42 Å². The van der Waals surface area contributed by atoms with E-state index in [2.05, 4.69) is 27.8 Å². The quantitative estimate of drug-likeness (QED) is 0.178. The Labute approximate surface area is 270 Å². The average molecular weight is 639 g/mol. The molecule has 7 nitrogen and oxygen atoms in total. The summed E-state index contributed by atoms with van der Waals surface area (Å²) in [4.78, 5) is 30.9. The summed E-state index contributed by atoms with van der Waals surface area (Å²) in [6.45, 7) is 2.85. The minimum absolute atomic E-state index is 0.118. The largest absolute Gasteiger partial charge is 0.437 e. The number of aromatic nitrogens is 1. The summed E-state index contributed by atoms with van der Waals surface area (Å²) < 4.78 is 47.2. The Morgan fingerprint density at radius 2 is 1.45 bits per heavy atom. The molecule has 2 amide bonds. The smallest absolute Gasteiger partial charge is 0.417 e. The minimum atomic E-state index is -4.87. The Bertz CT molecular complexity index is 1850. The predicted octanol–water partition coefficient (Wildman–Crippen LogP) is 8.49. The van der Waals surface area contributed by atoms with E-state index in [0.717, 1.165) is 40.8 Å². The number of carbonyl (C=O) groups excluding carboxylic acids is 2. The van der Waals surface area contributed by atoms with E-state index >= 15 is 0 Å². The summed E-state index contributed by atoms with van der Waals surface area (Å²) in [7, 11) is 0. The molecule has 0 unspecified atom stereocenters. The molecule has 6 rings (SSSR count). The summed E-state index contributed by atoms with van der Waals surface area (Å²) >= 11 is 0. The van der Waals surface area contributed by atoms with Crippen LogP contribution < -0.4 is 15.5 Å². The molecular weight excluding hydrogens is 605 g/mol. The van der Waals surface area contributed by atoms with E-state index in [1.54, 1.807) is 29.2 Å². The number of nitrogens with one attached hydrogen (secondary N) is 2. The molecule has 2 heterocycles. The third-order valence-corrected chi connectivity index (χ3v) is 8.34. The Morgan fingerprint density at radius 1 is 0.830 bits per heavy atom. The molecule has 0 bridgehead atoms. The van der Waals surface area contributed by atoms with Crippen molar-refractivity contribution in [1.29, 1.82) is 0 Å². The number of benzene rings is 4. The number of alkyl halides is 3. The second-order valence-corrected chi connectivity index (χ2v) is 11.6. The van der Waals surface area contributed by atoms with Crippen molar-refractivity contribution in [1.82, 2.24) is 4.98 Å². The second kappa shape index (κ2) is 13.5. The van der Waals surface area contributed by atoms with Crippen LogP contribution in [0.1, 0.15) is 51.7 Å². The van der Waals surface area contributed by atoms with Crippen LogP contribution in [0.15, 0.2) is 108 Å². The first-order valence-electron chi connectivity index (χ1n) is 15.4. The number of carbonyl (C=O) groups is 2. The van der Waals surface area contributed by atoms with Crippen molar-refractivity contribution in [3.05, 3.63) is 131 Å². The molecule has 0 aliphatic carbocycles. The van der Waals surface area contributed by atoms with Crippen LogP contribution in [-0.4, -0.2) is 29.9 Å². The van der Waals surface area contributed by atoms with Crippen LogP contribution in [0.5, 0.6) is 0 Å². The number of nitrogens with zero attached hydrogens (tertiary/aromatic N) is 2. The Balaban J connectivity index is 1.08. The molecule has 0 spiro atoms. The zero-order valence-corrected chi connectivity index (χ0v) is 25.7. The van der Waals surface area contributed by atoms with Gasteiger partial charge in [-0.15, -0.1) is 0 Å². The summed E-state index contributed by atoms with van der Waals surface area (Å²) in [6, 6.07) is 31.6. The number of anilines is 3. The maximum Gasteiger partial charge on any atom is 0.437 e. The molecule has 5 aromatic rings. The van der Waals surface area contributed by atoms with E-state index in [1.807, 2.05) is 73.7 Å². The van der Waals surface area contributed by atoms with Crippen LogP contribution in [0.4, 0.5) is 30.6 Å². The molecule has 0 saturated carbocycles. The van der Waals surface area contributed by atoms with E-state index in [1.165, 1.54) is 5.56 Å². The van der Waals surface area contributed by atoms with Gasteiger partial charge >= 0.3 is 6.18 Å². The first kappa shape index (κ1) is 31.6. The Hall–Kier alpha value is -5.38. The lowest BCUT2D eigenvalue weighted by molar-refractivity contribution is -0.141. The molecular formula is C37H33F3N4O3. The van der Waals surface area contributed by atoms with Gasteiger partial charge < -0.3 is 20.0 Å². The van der Waals surface area contributed by atoms with Crippen LogP contribution in [0.2, 0.25) is 0 Å². The number of hydrogen-bond acceptors (Lipinski definition) is 5. The Kier molecular flexibility index (Phi) is 9.10. The fourth-order valence-corrected chi connectivity index (χ4v) is 5.76. The SMILES string of the molecule is Cc1ccccc1NC(=O)Cc1ccc(-c2ccc(NC(=O)c3oc(N4CCC(c5ccccc5)CC4)nc3C(F)(F)F)cc2)cc1. The zero-order chi connectivity index (χ0) is 33.0. The third-order valence-electron chi connectivity index (χ3n) is 8.34. The van der Waals surface area contributed by atoms with Crippen molar-refractivity contribution in [2.24, 2.45) is 0 Å². The van der Waals surface area contributed by atoms with E-state index in [9.17, 15) is 22.8 Å². The fourth-order valence-electron chi connectivity index (χ4n) is 5.76. The van der Waals surface area contributed by atoms with Crippen molar-refractivity contribution >= 4 is 29.2 Å².